The number of hydrogen-bond acceptors (Lipinski definition) is 2. The molecule has 0 unspecified atom stereocenters. The van der Waals surface area contributed by atoms with E-state index in [1.165, 1.54) is 4.90 Å². The van der Waals surface area contributed by atoms with Gasteiger partial charge in [-0.25, -0.2) is 0 Å². The van der Waals surface area contributed by atoms with Crippen molar-refractivity contribution in [1.29, 1.82) is 0 Å². The van der Waals surface area contributed by atoms with Crippen LogP contribution < -0.4 is 5.56 Å². The van der Waals surface area contributed by atoms with Crippen molar-refractivity contribution in [3.05, 3.63) is 68.0 Å². The number of aromatic amines is 1. The van der Waals surface area contributed by atoms with Gasteiger partial charge in [-0.15, -0.1) is 0 Å². The van der Waals surface area contributed by atoms with Crippen molar-refractivity contribution in [2.24, 2.45) is 0 Å². The number of H-pyrrole nitrogens is 1. The Kier molecular flexibility index (Phi) is 4.39. The molecule has 0 aliphatic rings. The van der Waals surface area contributed by atoms with Crippen LogP contribution in [0.15, 0.2) is 45.7 Å². The van der Waals surface area contributed by atoms with Gasteiger partial charge in [0.1, 0.15) is 5.56 Å². The van der Waals surface area contributed by atoms with Gasteiger partial charge in [0.15, 0.2) is 0 Å². The number of hydrogen-bond donors (Lipinski definition) is 1. The van der Waals surface area contributed by atoms with Crippen molar-refractivity contribution in [2.75, 3.05) is 7.05 Å². The molecular formula is C15H15BrN2O2. The number of halogens is 1. The number of nitrogens with one attached hydrogen (secondary N) is 1. The summed E-state index contributed by atoms with van der Waals surface area (Å²) in [5, 5.41) is 0. The van der Waals surface area contributed by atoms with Crippen LogP contribution in [0.3, 0.4) is 0 Å². The van der Waals surface area contributed by atoms with Gasteiger partial charge < -0.3 is 9.88 Å². The molecule has 4 nitrogen and oxygen atoms in total. The third-order valence-electron chi connectivity index (χ3n) is 2.94. The Morgan fingerprint density at radius 1 is 1.30 bits per heavy atom. The van der Waals surface area contributed by atoms with Crippen molar-refractivity contribution in [3.8, 4) is 0 Å². The number of benzene rings is 1. The Labute approximate surface area is 125 Å². The summed E-state index contributed by atoms with van der Waals surface area (Å²) in [6, 6.07) is 11.0. The second-order valence-corrected chi connectivity index (χ2v) is 5.59. The standard InChI is InChI=1S/C15H15BrN2O2/c1-10-6-7-13(14(19)17-10)15(20)18(2)9-11-4-3-5-12(16)8-11/h3-8H,9H2,1-2H3,(H,17,19). The van der Waals surface area contributed by atoms with Crippen LogP contribution in [0.5, 0.6) is 0 Å². The van der Waals surface area contributed by atoms with Crippen LogP contribution in [0, 0.1) is 6.92 Å². The quantitative estimate of drug-likeness (QED) is 0.938. The van der Waals surface area contributed by atoms with Gasteiger partial charge in [0.05, 0.1) is 0 Å². The normalized spacial score (nSPS) is 10.3. The van der Waals surface area contributed by atoms with Gasteiger partial charge in [0.25, 0.3) is 11.5 Å². The minimum atomic E-state index is -0.351. The second kappa shape index (κ2) is 6.05. The number of rotatable bonds is 3. The molecule has 5 heteroatoms. The maximum atomic E-state index is 12.3. The predicted octanol–water partition coefficient (Wildman–Crippen LogP) is 2.72. The van der Waals surface area contributed by atoms with Crippen LogP contribution in [0.25, 0.3) is 0 Å². The molecule has 0 spiro atoms. The molecule has 0 bridgehead atoms. The summed E-state index contributed by atoms with van der Waals surface area (Å²) in [5.41, 5.74) is 1.55. The van der Waals surface area contributed by atoms with Crippen molar-refractivity contribution in [2.45, 2.75) is 13.5 Å². The van der Waals surface area contributed by atoms with Crippen LogP contribution in [-0.2, 0) is 6.54 Å². The number of aromatic nitrogens is 1. The Morgan fingerprint density at radius 2 is 2.05 bits per heavy atom. The van der Waals surface area contributed by atoms with Crippen LogP contribution in [-0.4, -0.2) is 22.8 Å². The summed E-state index contributed by atoms with van der Waals surface area (Å²) in [6.07, 6.45) is 0. The van der Waals surface area contributed by atoms with Crippen LogP contribution in [0.4, 0.5) is 0 Å². The molecule has 1 N–H and O–H groups in total. The number of pyridine rings is 1. The molecule has 0 atom stereocenters. The summed E-state index contributed by atoms with van der Waals surface area (Å²) in [6.45, 7) is 2.23. The van der Waals surface area contributed by atoms with E-state index in [0.29, 0.717) is 6.54 Å². The second-order valence-electron chi connectivity index (χ2n) is 4.68. The fourth-order valence-corrected chi connectivity index (χ4v) is 2.37. The molecule has 2 rings (SSSR count). The highest BCUT2D eigenvalue weighted by atomic mass is 79.9. The van der Waals surface area contributed by atoms with Crippen molar-refractivity contribution in [3.63, 3.8) is 0 Å². The molecule has 0 fully saturated rings. The Bertz CT molecular complexity index is 694. The fourth-order valence-electron chi connectivity index (χ4n) is 1.93. The molecule has 1 heterocycles. The first-order valence-electron chi connectivity index (χ1n) is 6.17. The summed E-state index contributed by atoms with van der Waals surface area (Å²) in [5.74, 6) is -0.286. The highest BCUT2D eigenvalue weighted by molar-refractivity contribution is 9.10. The average Bonchev–Trinajstić information content (AvgIpc) is 2.38. The maximum absolute atomic E-state index is 12.3. The molecular weight excluding hydrogens is 320 g/mol. The van der Waals surface area contributed by atoms with E-state index in [1.54, 1.807) is 26.1 Å². The molecule has 104 valence electrons. The number of carbonyl (C=O) groups excluding carboxylic acids is 1. The number of aryl methyl sites for hydroxylation is 1. The third kappa shape index (κ3) is 3.36. The van der Waals surface area contributed by atoms with Crippen LogP contribution in [0.1, 0.15) is 21.6 Å². The zero-order chi connectivity index (χ0) is 14.7. The summed E-state index contributed by atoms with van der Waals surface area (Å²) in [4.78, 5) is 28.2. The maximum Gasteiger partial charge on any atom is 0.260 e. The van der Waals surface area contributed by atoms with E-state index in [2.05, 4.69) is 20.9 Å². The van der Waals surface area contributed by atoms with E-state index in [-0.39, 0.29) is 17.0 Å². The lowest BCUT2D eigenvalue weighted by Gasteiger charge is -2.17. The van der Waals surface area contributed by atoms with E-state index in [0.717, 1.165) is 15.7 Å². The average molecular weight is 335 g/mol. The lowest BCUT2D eigenvalue weighted by Crippen LogP contribution is -2.31. The lowest BCUT2D eigenvalue weighted by atomic mass is 10.2. The molecule has 2 aromatic rings. The van der Waals surface area contributed by atoms with Gasteiger partial charge in [0, 0.05) is 23.8 Å². The molecule has 0 saturated heterocycles. The van der Waals surface area contributed by atoms with Crippen LogP contribution in [0.2, 0.25) is 0 Å². The molecule has 20 heavy (non-hydrogen) atoms. The molecule has 0 saturated carbocycles. The van der Waals surface area contributed by atoms with E-state index < -0.39 is 0 Å². The highest BCUT2D eigenvalue weighted by Crippen LogP contribution is 2.13. The Balaban J connectivity index is 2.18. The SMILES string of the molecule is Cc1ccc(C(=O)N(C)Cc2cccc(Br)c2)c(=O)[nH]1. The first-order chi connectivity index (χ1) is 9.47. The lowest BCUT2D eigenvalue weighted by molar-refractivity contribution is 0.0783. The summed E-state index contributed by atoms with van der Waals surface area (Å²) >= 11 is 3.40. The van der Waals surface area contributed by atoms with Gasteiger partial charge in [-0.3, -0.25) is 9.59 Å². The highest BCUT2D eigenvalue weighted by Gasteiger charge is 2.15. The molecule has 0 aliphatic carbocycles. The topological polar surface area (TPSA) is 53.2 Å². The predicted molar refractivity (Wildman–Crippen MR) is 81.7 cm³/mol. The zero-order valence-electron chi connectivity index (χ0n) is 11.3. The van der Waals surface area contributed by atoms with Crippen molar-refractivity contribution < 1.29 is 4.79 Å². The zero-order valence-corrected chi connectivity index (χ0v) is 12.9. The van der Waals surface area contributed by atoms with Gasteiger partial charge in [-0.05, 0) is 36.8 Å². The van der Waals surface area contributed by atoms with Gasteiger partial charge in [-0.1, -0.05) is 28.1 Å². The van der Waals surface area contributed by atoms with Crippen LogP contribution >= 0.6 is 15.9 Å². The third-order valence-corrected chi connectivity index (χ3v) is 3.43. The Hall–Kier alpha value is -1.88. The van der Waals surface area contributed by atoms with E-state index in [9.17, 15) is 9.59 Å². The minimum Gasteiger partial charge on any atom is -0.337 e. The Morgan fingerprint density at radius 3 is 2.70 bits per heavy atom. The number of carbonyl (C=O) groups is 1. The van der Waals surface area contributed by atoms with Gasteiger partial charge >= 0.3 is 0 Å². The first kappa shape index (κ1) is 14.5. The van der Waals surface area contributed by atoms with E-state index in [1.807, 2.05) is 24.3 Å². The molecule has 1 aromatic carbocycles. The van der Waals surface area contributed by atoms with Crippen molar-refractivity contribution in [1.82, 2.24) is 9.88 Å². The van der Waals surface area contributed by atoms with E-state index in [4.69, 9.17) is 0 Å². The minimum absolute atomic E-state index is 0.160. The first-order valence-corrected chi connectivity index (χ1v) is 6.96. The smallest absolute Gasteiger partial charge is 0.260 e. The van der Waals surface area contributed by atoms with Gasteiger partial charge in [0.2, 0.25) is 0 Å². The molecule has 0 aliphatic heterocycles. The molecule has 1 aromatic heterocycles. The largest absolute Gasteiger partial charge is 0.337 e. The summed E-state index contributed by atoms with van der Waals surface area (Å²) < 4.78 is 0.962. The fraction of sp³-hybridized carbons (Fsp3) is 0.200. The summed E-state index contributed by atoms with van der Waals surface area (Å²) in [7, 11) is 1.68. The number of amides is 1. The monoisotopic (exact) mass is 334 g/mol. The molecule has 0 radical (unpaired) electrons. The van der Waals surface area contributed by atoms with Gasteiger partial charge in [-0.2, -0.15) is 0 Å². The van der Waals surface area contributed by atoms with Crippen molar-refractivity contribution >= 4 is 21.8 Å². The molecule has 1 amide bonds. The van der Waals surface area contributed by atoms with E-state index >= 15 is 0 Å². The number of nitrogens with zero attached hydrogens (tertiary/aromatic N) is 1.